The van der Waals surface area contributed by atoms with Gasteiger partial charge in [0.25, 0.3) is 0 Å². The van der Waals surface area contributed by atoms with Crippen LogP contribution in [0.5, 0.6) is 0 Å². The highest BCUT2D eigenvalue weighted by molar-refractivity contribution is 5.74. The third-order valence-electron chi connectivity index (χ3n) is 3.88. The lowest BCUT2D eigenvalue weighted by Crippen LogP contribution is -2.43. The van der Waals surface area contributed by atoms with Gasteiger partial charge in [-0.2, -0.15) is 4.98 Å². The summed E-state index contributed by atoms with van der Waals surface area (Å²) < 4.78 is 4.86. The van der Waals surface area contributed by atoms with Crippen molar-refractivity contribution in [3.63, 3.8) is 0 Å². The minimum Gasteiger partial charge on any atom is -0.340 e. The Labute approximate surface area is 122 Å². The van der Waals surface area contributed by atoms with Gasteiger partial charge in [-0.25, -0.2) is 4.79 Å². The molecule has 1 aromatic heterocycles. The monoisotopic (exact) mass is 286 g/mol. The topological polar surface area (TPSA) is 80.0 Å². The first-order chi connectivity index (χ1) is 10.1. The summed E-state index contributed by atoms with van der Waals surface area (Å²) in [5.41, 5.74) is 2.63. The van der Waals surface area contributed by atoms with Crippen LogP contribution in [0.15, 0.2) is 28.8 Å². The zero-order chi connectivity index (χ0) is 14.8. The maximum Gasteiger partial charge on any atom is 0.315 e. The summed E-state index contributed by atoms with van der Waals surface area (Å²) in [6.07, 6.45) is 0.867. The Morgan fingerprint density at radius 1 is 1.43 bits per heavy atom. The van der Waals surface area contributed by atoms with Gasteiger partial charge in [0.2, 0.25) is 5.89 Å². The molecule has 0 saturated carbocycles. The second-order valence-electron chi connectivity index (χ2n) is 5.35. The number of rotatable bonds is 3. The number of fused-ring (bicyclic) bond motifs is 1. The molecule has 0 radical (unpaired) electrons. The number of carbonyl (C=O) groups excluding carboxylic acids is 1. The molecule has 3 rings (SSSR count). The lowest BCUT2D eigenvalue weighted by atomic mass is 10.0. The van der Waals surface area contributed by atoms with Crippen molar-refractivity contribution in [2.75, 3.05) is 0 Å². The molecule has 0 saturated heterocycles. The molecule has 110 valence electrons. The second kappa shape index (κ2) is 5.55. The molecule has 0 unspecified atom stereocenters. The molecule has 0 aliphatic heterocycles. The quantitative estimate of drug-likeness (QED) is 0.903. The van der Waals surface area contributed by atoms with Gasteiger partial charge in [0.15, 0.2) is 5.82 Å². The summed E-state index contributed by atoms with van der Waals surface area (Å²) in [5, 5.41) is 9.51. The average Bonchev–Trinajstić information content (AvgIpc) is 3.02. The zero-order valence-corrected chi connectivity index (χ0v) is 12.1. The van der Waals surface area contributed by atoms with Gasteiger partial charge in [-0.15, -0.1) is 0 Å². The summed E-state index contributed by atoms with van der Waals surface area (Å²) in [6, 6.07) is 8.23. The minimum atomic E-state index is -0.206. The molecular formula is C15H18N4O2. The first-order valence-electron chi connectivity index (χ1n) is 7.05. The van der Waals surface area contributed by atoms with E-state index in [0.29, 0.717) is 17.6 Å². The second-order valence-corrected chi connectivity index (χ2v) is 5.35. The van der Waals surface area contributed by atoms with E-state index in [4.69, 9.17) is 4.52 Å². The number of nitrogens with zero attached hydrogens (tertiary/aromatic N) is 2. The van der Waals surface area contributed by atoms with E-state index in [1.54, 1.807) is 6.92 Å². The number of amides is 2. The molecule has 1 aliphatic rings. The highest BCUT2D eigenvalue weighted by Crippen LogP contribution is 2.32. The summed E-state index contributed by atoms with van der Waals surface area (Å²) >= 11 is 0. The number of hydrogen-bond donors (Lipinski definition) is 2. The van der Waals surface area contributed by atoms with E-state index >= 15 is 0 Å². The van der Waals surface area contributed by atoms with Crippen molar-refractivity contribution in [3.05, 3.63) is 47.1 Å². The molecule has 2 atom stereocenters. The van der Waals surface area contributed by atoms with Gasteiger partial charge in [0, 0.05) is 18.9 Å². The summed E-state index contributed by atoms with van der Waals surface area (Å²) in [6.45, 7) is 4.12. The summed E-state index contributed by atoms with van der Waals surface area (Å²) in [7, 11) is 0. The maximum atomic E-state index is 12.0. The highest BCUT2D eigenvalue weighted by Gasteiger charge is 2.29. The van der Waals surface area contributed by atoms with Crippen molar-refractivity contribution >= 4 is 6.03 Å². The smallest absolute Gasteiger partial charge is 0.315 e. The van der Waals surface area contributed by atoms with Crippen molar-refractivity contribution in [3.8, 4) is 0 Å². The Hall–Kier alpha value is -2.37. The largest absolute Gasteiger partial charge is 0.340 e. The average molecular weight is 286 g/mol. The van der Waals surface area contributed by atoms with Crippen LogP contribution in [0.3, 0.4) is 0 Å². The van der Waals surface area contributed by atoms with Crippen LogP contribution in [0.25, 0.3) is 0 Å². The zero-order valence-electron chi connectivity index (χ0n) is 12.1. The van der Waals surface area contributed by atoms with E-state index in [1.165, 1.54) is 11.1 Å². The molecule has 2 aromatic rings. The summed E-state index contributed by atoms with van der Waals surface area (Å²) in [4.78, 5) is 16.0. The Bertz CT molecular complexity index is 653. The van der Waals surface area contributed by atoms with Crippen molar-refractivity contribution < 1.29 is 9.32 Å². The van der Waals surface area contributed by atoms with Gasteiger partial charge in [0.05, 0.1) is 6.54 Å². The molecule has 0 spiro atoms. The molecule has 2 N–H and O–H groups in total. The van der Waals surface area contributed by atoms with Crippen LogP contribution in [0.4, 0.5) is 4.79 Å². The molecular weight excluding hydrogens is 268 g/mol. The van der Waals surface area contributed by atoms with Crippen molar-refractivity contribution in [2.45, 2.75) is 38.8 Å². The lowest BCUT2D eigenvalue weighted by molar-refractivity contribution is 0.235. The number of nitrogens with one attached hydrogen (secondary N) is 2. The van der Waals surface area contributed by atoms with Gasteiger partial charge in [-0.3, -0.25) is 0 Å². The minimum absolute atomic E-state index is 0.120. The van der Waals surface area contributed by atoms with Crippen molar-refractivity contribution in [2.24, 2.45) is 0 Å². The fraction of sp³-hybridized carbons (Fsp3) is 0.400. The Morgan fingerprint density at radius 3 is 2.95 bits per heavy atom. The van der Waals surface area contributed by atoms with Gasteiger partial charge < -0.3 is 15.2 Å². The van der Waals surface area contributed by atoms with Gasteiger partial charge >= 0.3 is 6.03 Å². The molecule has 0 fully saturated rings. The molecule has 6 nitrogen and oxygen atoms in total. The molecule has 1 aromatic carbocycles. The molecule has 21 heavy (non-hydrogen) atoms. The number of urea groups is 1. The van der Waals surface area contributed by atoms with Crippen molar-refractivity contribution in [1.82, 2.24) is 20.8 Å². The van der Waals surface area contributed by atoms with E-state index in [9.17, 15) is 4.79 Å². The number of aromatic nitrogens is 2. The number of hydrogen-bond acceptors (Lipinski definition) is 4. The van der Waals surface area contributed by atoms with Gasteiger partial charge in [-0.1, -0.05) is 36.3 Å². The fourth-order valence-electron chi connectivity index (χ4n) is 2.76. The highest BCUT2D eigenvalue weighted by atomic mass is 16.5. The van der Waals surface area contributed by atoms with E-state index in [-0.39, 0.29) is 18.6 Å². The number of carbonyl (C=O) groups is 1. The van der Waals surface area contributed by atoms with E-state index in [1.807, 2.05) is 12.1 Å². The third kappa shape index (κ3) is 2.89. The number of benzene rings is 1. The fourth-order valence-corrected chi connectivity index (χ4v) is 2.76. The van der Waals surface area contributed by atoms with Crippen LogP contribution in [0.1, 0.15) is 35.7 Å². The Kier molecular flexibility index (Phi) is 3.60. The van der Waals surface area contributed by atoms with Crippen LogP contribution in [0.2, 0.25) is 0 Å². The molecule has 2 amide bonds. The molecule has 1 aliphatic carbocycles. The lowest BCUT2D eigenvalue weighted by Gasteiger charge is -2.18. The Morgan fingerprint density at radius 2 is 2.24 bits per heavy atom. The van der Waals surface area contributed by atoms with E-state index < -0.39 is 0 Å². The first-order valence-corrected chi connectivity index (χ1v) is 7.05. The molecule has 0 bridgehead atoms. The SMILES string of the molecule is Cc1nc(CNC(=O)N[C@@H]2Cc3ccccc3[C@@H]2C)no1. The van der Waals surface area contributed by atoms with E-state index in [2.05, 4.69) is 39.8 Å². The van der Waals surface area contributed by atoms with Crippen LogP contribution in [0, 0.1) is 6.92 Å². The standard InChI is InChI=1S/C15H18N4O2/c1-9-12-6-4-3-5-11(12)7-13(9)18-15(20)16-8-14-17-10(2)21-19-14/h3-6,9,13H,7-8H2,1-2H3,(H2,16,18,20)/t9-,13+/m0/s1. The first kappa shape index (κ1) is 13.6. The van der Waals surface area contributed by atoms with Gasteiger partial charge in [0.1, 0.15) is 0 Å². The predicted molar refractivity (Wildman–Crippen MR) is 76.8 cm³/mol. The normalized spacial score (nSPS) is 20.1. The molecule has 6 heteroatoms. The maximum absolute atomic E-state index is 12.0. The predicted octanol–water partition coefficient (Wildman–Crippen LogP) is 1.91. The number of aryl methyl sites for hydroxylation is 1. The van der Waals surface area contributed by atoms with Crippen LogP contribution in [-0.2, 0) is 13.0 Å². The van der Waals surface area contributed by atoms with E-state index in [0.717, 1.165) is 6.42 Å². The van der Waals surface area contributed by atoms with Crippen LogP contribution in [-0.4, -0.2) is 22.2 Å². The summed E-state index contributed by atoms with van der Waals surface area (Å²) in [5.74, 6) is 1.29. The van der Waals surface area contributed by atoms with Crippen LogP contribution < -0.4 is 10.6 Å². The Balaban J connectivity index is 1.54. The van der Waals surface area contributed by atoms with Crippen LogP contribution >= 0.6 is 0 Å². The molecule has 1 heterocycles. The van der Waals surface area contributed by atoms with Gasteiger partial charge in [-0.05, 0) is 17.5 Å². The van der Waals surface area contributed by atoms with Crippen molar-refractivity contribution in [1.29, 1.82) is 0 Å². The third-order valence-corrected chi connectivity index (χ3v) is 3.88.